The van der Waals surface area contributed by atoms with Gasteiger partial charge in [-0.3, -0.25) is 0 Å². The lowest BCUT2D eigenvalue weighted by Gasteiger charge is -2.45. The molecule has 1 N–H and O–H groups in total. The van der Waals surface area contributed by atoms with E-state index in [1.807, 2.05) is 0 Å². The van der Waals surface area contributed by atoms with Crippen molar-refractivity contribution < 1.29 is 4.74 Å². The summed E-state index contributed by atoms with van der Waals surface area (Å²) in [6.45, 7) is 8.82. The third-order valence-corrected chi connectivity index (χ3v) is 5.33. The Bertz CT molecular complexity index is 457. The van der Waals surface area contributed by atoms with E-state index < -0.39 is 0 Å². The van der Waals surface area contributed by atoms with Gasteiger partial charge in [-0.2, -0.15) is 0 Å². The third kappa shape index (κ3) is 3.32. The second-order valence-electron chi connectivity index (χ2n) is 7.42. The topological polar surface area (TPSA) is 21.3 Å². The molecule has 1 heterocycles. The fourth-order valence-electron chi connectivity index (χ4n) is 3.68. The molecule has 0 bridgehead atoms. The number of rotatable bonds is 2. The van der Waals surface area contributed by atoms with Crippen LogP contribution < -0.4 is 5.32 Å². The fraction of sp³-hybridized carbons (Fsp3) is 0.684. The van der Waals surface area contributed by atoms with Crippen molar-refractivity contribution >= 4 is 0 Å². The lowest BCUT2D eigenvalue weighted by molar-refractivity contribution is -0.140. The summed E-state index contributed by atoms with van der Waals surface area (Å²) in [4.78, 5) is 0. The SMILES string of the molecule is CC1CCC2(CC1)CNCC(c1ccc(C(C)C)cc1)O2. The van der Waals surface area contributed by atoms with Crippen LogP contribution in [0.1, 0.15) is 69.6 Å². The summed E-state index contributed by atoms with van der Waals surface area (Å²) in [6, 6.07) is 9.03. The normalized spacial score (nSPS) is 33.5. The van der Waals surface area contributed by atoms with Gasteiger partial charge in [-0.25, -0.2) is 0 Å². The molecule has 2 aliphatic rings. The highest BCUT2D eigenvalue weighted by atomic mass is 16.5. The van der Waals surface area contributed by atoms with Gasteiger partial charge >= 0.3 is 0 Å². The second-order valence-corrected chi connectivity index (χ2v) is 7.42. The minimum Gasteiger partial charge on any atom is -0.364 e. The smallest absolute Gasteiger partial charge is 0.0957 e. The molecule has 2 heteroatoms. The van der Waals surface area contributed by atoms with Gasteiger partial charge in [-0.15, -0.1) is 0 Å². The highest BCUT2D eigenvalue weighted by Crippen LogP contribution is 2.39. The van der Waals surface area contributed by atoms with Gasteiger partial charge in [0.15, 0.2) is 0 Å². The Morgan fingerprint density at radius 2 is 1.81 bits per heavy atom. The van der Waals surface area contributed by atoms with E-state index in [1.54, 1.807) is 0 Å². The predicted molar refractivity (Wildman–Crippen MR) is 87.6 cm³/mol. The van der Waals surface area contributed by atoms with Gasteiger partial charge in [0.25, 0.3) is 0 Å². The van der Waals surface area contributed by atoms with Crippen LogP contribution in [0.3, 0.4) is 0 Å². The molecule has 2 fully saturated rings. The third-order valence-electron chi connectivity index (χ3n) is 5.33. The highest BCUT2D eigenvalue weighted by molar-refractivity contribution is 5.27. The maximum atomic E-state index is 6.59. The molecule has 1 aliphatic heterocycles. The number of benzene rings is 1. The fourth-order valence-corrected chi connectivity index (χ4v) is 3.68. The Balaban J connectivity index is 1.71. The Kier molecular flexibility index (Phi) is 4.37. The van der Waals surface area contributed by atoms with E-state index in [0.29, 0.717) is 5.92 Å². The molecule has 0 amide bonds. The van der Waals surface area contributed by atoms with Crippen LogP contribution in [0.2, 0.25) is 0 Å². The zero-order chi connectivity index (χ0) is 14.9. The standard InChI is InChI=1S/C19H29NO/c1-14(2)16-4-6-17(7-5-16)18-12-20-13-19(21-18)10-8-15(3)9-11-19/h4-7,14-15,18,20H,8-13H2,1-3H3. The van der Waals surface area contributed by atoms with E-state index >= 15 is 0 Å². The summed E-state index contributed by atoms with van der Waals surface area (Å²) in [5.41, 5.74) is 2.82. The molecule has 1 spiro atoms. The molecule has 1 aromatic carbocycles. The molecular weight excluding hydrogens is 258 g/mol. The number of hydrogen-bond acceptors (Lipinski definition) is 2. The quantitative estimate of drug-likeness (QED) is 0.869. The lowest BCUT2D eigenvalue weighted by atomic mass is 9.78. The Hall–Kier alpha value is -0.860. The molecule has 1 saturated carbocycles. The summed E-state index contributed by atoms with van der Waals surface area (Å²) in [7, 11) is 0. The molecule has 1 aliphatic carbocycles. The number of hydrogen-bond donors (Lipinski definition) is 1. The number of nitrogens with one attached hydrogen (secondary N) is 1. The Morgan fingerprint density at radius 1 is 1.14 bits per heavy atom. The minimum atomic E-state index is 0.0894. The van der Waals surface area contributed by atoms with E-state index in [0.717, 1.165) is 19.0 Å². The predicted octanol–water partition coefficient (Wildman–Crippen LogP) is 4.42. The summed E-state index contributed by atoms with van der Waals surface area (Å²) in [5.74, 6) is 1.46. The molecule has 3 rings (SSSR count). The van der Waals surface area contributed by atoms with Crippen molar-refractivity contribution in [3.05, 3.63) is 35.4 Å². The van der Waals surface area contributed by atoms with Crippen molar-refractivity contribution in [2.45, 2.75) is 64.1 Å². The van der Waals surface area contributed by atoms with E-state index in [-0.39, 0.29) is 11.7 Å². The molecule has 0 aromatic heterocycles. The van der Waals surface area contributed by atoms with Crippen LogP contribution in [0.5, 0.6) is 0 Å². The van der Waals surface area contributed by atoms with Crippen LogP contribution >= 0.6 is 0 Å². The van der Waals surface area contributed by atoms with Crippen LogP contribution in [-0.4, -0.2) is 18.7 Å². The van der Waals surface area contributed by atoms with E-state index in [9.17, 15) is 0 Å². The molecule has 116 valence electrons. The first-order chi connectivity index (χ1) is 10.1. The van der Waals surface area contributed by atoms with Gasteiger partial charge in [0.05, 0.1) is 11.7 Å². The van der Waals surface area contributed by atoms with E-state index in [4.69, 9.17) is 4.74 Å². The van der Waals surface area contributed by atoms with Crippen molar-refractivity contribution in [2.75, 3.05) is 13.1 Å². The van der Waals surface area contributed by atoms with Crippen molar-refractivity contribution in [2.24, 2.45) is 5.92 Å². The molecule has 1 aromatic rings. The summed E-state index contributed by atoms with van der Waals surface area (Å²) in [5, 5.41) is 3.62. The van der Waals surface area contributed by atoms with Crippen molar-refractivity contribution in [3.8, 4) is 0 Å². The molecule has 1 atom stereocenters. The van der Waals surface area contributed by atoms with E-state index in [2.05, 4.69) is 50.4 Å². The van der Waals surface area contributed by atoms with Crippen LogP contribution in [0.25, 0.3) is 0 Å². The molecule has 1 saturated heterocycles. The minimum absolute atomic E-state index is 0.0894. The highest BCUT2D eigenvalue weighted by Gasteiger charge is 2.40. The van der Waals surface area contributed by atoms with Crippen LogP contribution in [0.4, 0.5) is 0 Å². The summed E-state index contributed by atoms with van der Waals surface area (Å²) >= 11 is 0. The average Bonchev–Trinajstić information content (AvgIpc) is 2.51. The monoisotopic (exact) mass is 287 g/mol. The van der Waals surface area contributed by atoms with Gasteiger partial charge in [0.1, 0.15) is 0 Å². The van der Waals surface area contributed by atoms with Crippen molar-refractivity contribution in [1.82, 2.24) is 5.32 Å². The molecule has 1 unspecified atom stereocenters. The number of morpholine rings is 1. The lowest BCUT2D eigenvalue weighted by Crippen LogP contribution is -2.52. The first kappa shape index (κ1) is 15.1. The molecule has 0 radical (unpaired) electrons. The first-order valence-electron chi connectivity index (χ1n) is 8.56. The van der Waals surface area contributed by atoms with Gasteiger partial charge in [-0.05, 0) is 48.6 Å². The zero-order valence-electron chi connectivity index (χ0n) is 13.7. The van der Waals surface area contributed by atoms with Crippen LogP contribution in [0.15, 0.2) is 24.3 Å². The first-order valence-corrected chi connectivity index (χ1v) is 8.56. The Morgan fingerprint density at radius 3 is 2.43 bits per heavy atom. The molecule has 2 nitrogen and oxygen atoms in total. The second kappa shape index (κ2) is 6.10. The van der Waals surface area contributed by atoms with Crippen molar-refractivity contribution in [1.29, 1.82) is 0 Å². The molecule has 21 heavy (non-hydrogen) atoms. The van der Waals surface area contributed by atoms with Crippen LogP contribution in [-0.2, 0) is 4.74 Å². The maximum absolute atomic E-state index is 6.59. The molecular formula is C19H29NO. The Labute approximate surface area is 129 Å². The maximum Gasteiger partial charge on any atom is 0.0957 e. The van der Waals surface area contributed by atoms with Crippen LogP contribution in [0, 0.1) is 5.92 Å². The van der Waals surface area contributed by atoms with E-state index in [1.165, 1.54) is 36.8 Å². The average molecular weight is 287 g/mol. The van der Waals surface area contributed by atoms with Gasteiger partial charge in [0, 0.05) is 13.1 Å². The van der Waals surface area contributed by atoms with Crippen molar-refractivity contribution in [3.63, 3.8) is 0 Å². The summed E-state index contributed by atoms with van der Waals surface area (Å²) in [6.07, 6.45) is 5.25. The van der Waals surface area contributed by atoms with Gasteiger partial charge in [0.2, 0.25) is 0 Å². The zero-order valence-corrected chi connectivity index (χ0v) is 13.7. The van der Waals surface area contributed by atoms with Gasteiger partial charge < -0.3 is 10.1 Å². The summed E-state index contributed by atoms with van der Waals surface area (Å²) < 4.78 is 6.59. The number of ether oxygens (including phenoxy) is 1. The van der Waals surface area contributed by atoms with Gasteiger partial charge in [-0.1, -0.05) is 45.0 Å². The largest absolute Gasteiger partial charge is 0.364 e.